The summed E-state index contributed by atoms with van der Waals surface area (Å²) in [6.45, 7) is 1.84. The number of para-hydroxylation sites is 1. The molecule has 4 rings (SSSR count). The van der Waals surface area contributed by atoms with Crippen LogP contribution < -0.4 is 4.90 Å². The lowest BCUT2D eigenvalue weighted by Crippen LogP contribution is -2.49. The van der Waals surface area contributed by atoms with E-state index in [1.165, 1.54) is 0 Å². The predicted octanol–water partition coefficient (Wildman–Crippen LogP) is 3.23. The van der Waals surface area contributed by atoms with Crippen LogP contribution in [0, 0.1) is 0 Å². The van der Waals surface area contributed by atoms with Crippen LogP contribution in [0.3, 0.4) is 0 Å². The molecule has 1 unspecified atom stereocenters. The number of anilines is 1. The normalized spacial score (nSPS) is 17.4. The van der Waals surface area contributed by atoms with E-state index < -0.39 is 0 Å². The standard InChI is InChI=1S/C21H24N4O/c1-24(17-7-6-12-25(15-17)20-10-4-5-11-22-20)21(26)13-16-14-23-19-9-3-2-8-18(16)19/h2-5,8-11,14,17,23H,6-7,12-13,15H2,1H3. The molecule has 3 aromatic rings. The van der Waals surface area contributed by atoms with Gasteiger partial charge in [0.05, 0.1) is 6.42 Å². The van der Waals surface area contributed by atoms with Crippen LogP contribution in [0.4, 0.5) is 5.82 Å². The monoisotopic (exact) mass is 348 g/mol. The molecule has 1 aliphatic rings. The molecule has 0 radical (unpaired) electrons. The highest BCUT2D eigenvalue weighted by atomic mass is 16.2. The Labute approximate surface area is 153 Å². The minimum atomic E-state index is 0.169. The van der Waals surface area contributed by atoms with E-state index in [0.29, 0.717) is 6.42 Å². The number of H-pyrrole nitrogens is 1. The molecule has 0 aliphatic carbocycles. The summed E-state index contributed by atoms with van der Waals surface area (Å²) in [6, 6.07) is 14.3. The molecule has 1 amide bonds. The van der Waals surface area contributed by atoms with Crippen LogP contribution in [0.5, 0.6) is 0 Å². The molecule has 0 bridgehead atoms. The van der Waals surface area contributed by atoms with E-state index in [1.807, 2.05) is 60.7 Å². The van der Waals surface area contributed by atoms with Crippen molar-refractivity contribution in [2.75, 3.05) is 25.0 Å². The lowest BCUT2D eigenvalue weighted by molar-refractivity contribution is -0.131. The Morgan fingerprint density at radius 2 is 2.12 bits per heavy atom. The van der Waals surface area contributed by atoms with E-state index in [1.54, 1.807) is 0 Å². The van der Waals surface area contributed by atoms with Gasteiger partial charge in [0.1, 0.15) is 5.82 Å². The first-order valence-corrected chi connectivity index (χ1v) is 9.19. The molecular weight excluding hydrogens is 324 g/mol. The van der Waals surface area contributed by atoms with Crippen molar-refractivity contribution < 1.29 is 4.79 Å². The second-order valence-corrected chi connectivity index (χ2v) is 6.97. The molecule has 2 aromatic heterocycles. The Hall–Kier alpha value is -2.82. The van der Waals surface area contributed by atoms with Gasteiger partial charge in [0.25, 0.3) is 0 Å². The molecule has 1 saturated heterocycles. The maximum absolute atomic E-state index is 12.9. The van der Waals surface area contributed by atoms with Crippen LogP contribution in [-0.2, 0) is 11.2 Å². The number of likely N-dealkylation sites (N-methyl/N-ethyl adjacent to an activating group) is 1. The van der Waals surface area contributed by atoms with Crippen molar-refractivity contribution in [2.45, 2.75) is 25.3 Å². The van der Waals surface area contributed by atoms with Gasteiger partial charge in [-0.2, -0.15) is 0 Å². The van der Waals surface area contributed by atoms with Crippen molar-refractivity contribution in [3.8, 4) is 0 Å². The number of pyridine rings is 1. The van der Waals surface area contributed by atoms with Crippen molar-refractivity contribution in [1.82, 2.24) is 14.9 Å². The maximum Gasteiger partial charge on any atom is 0.227 e. The highest BCUT2D eigenvalue weighted by Crippen LogP contribution is 2.22. The van der Waals surface area contributed by atoms with Gasteiger partial charge in [0.15, 0.2) is 0 Å². The Bertz CT molecular complexity index is 889. The van der Waals surface area contributed by atoms with Gasteiger partial charge >= 0.3 is 0 Å². The van der Waals surface area contributed by atoms with Crippen LogP contribution in [0.25, 0.3) is 10.9 Å². The van der Waals surface area contributed by atoms with Crippen LogP contribution in [0.2, 0.25) is 0 Å². The number of hydrogen-bond donors (Lipinski definition) is 1. The van der Waals surface area contributed by atoms with Gasteiger partial charge in [-0.15, -0.1) is 0 Å². The first kappa shape index (κ1) is 16.6. The highest BCUT2D eigenvalue weighted by Gasteiger charge is 2.27. The van der Waals surface area contributed by atoms with Gasteiger partial charge in [-0.1, -0.05) is 24.3 Å². The zero-order valence-electron chi connectivity index (χ0n) is 15.1. The lowest BCUT2D eigenvalue weighted by Gasteiger charge is -2.38. The second kappa shape index (κ2) is 7.20. The summed E-state index contributed by atoms with van der Waals surface area (Å²) in [5.41, 5.74) is 2.15. The molecule has 1 aromatic carbocycles. The summed E-state index contributed by atoms with van der Waals surface area (Å²) in [4.78, 5) is 24.8. The van der Waals surface area contributed by atoms with E-state index >= 15 is 0 Å². The van der Waals surface area contributed by atoms with Crippen molar-refractivity contribution in [3.63, 3.8) is 0 Å². The number of hydrogen-bond acceptors (Lipinski definition) is 3. The molecule has 134 valence electrons. The number of carbonyl (C=O) groups excluding carboxylic acids is 1. The summed E-state index contributed by atoms with van der Waals surface area (Å²) in [5.74, 6) is 1.16. The van der Waals surface area contributed by atoms with Gasteiger partial charge in [-0.3, -0.25) is 4.79 Å². The summed E-state index contributed by atoms with van der Waals surface area (Å²) in [7, 11) is 1.93. The van der Waals surface area contributed by atoms with E-state index in [0.717, 1.165) is 48.2 Å². The molecule has 5 heteroatoms. The third-order valence-electron chi connectivity index (χ3n) is 5.33. The zero-order chi connectivity index (χ0) is 17.9. The molecule has 0 spiro atoms. The molecule has 1 atom stereocenters. The Kier molecular flexibility index (Phi) is 4.61. The second-order valence-electron chi connectivity index (χ2n) is 6.97. The average molecular weight is 348 g/mol. The number of fused-ring (bicyclic) bond motifs is 1. The molecule has 1 fully saturated rings. The predicted molar refractivity (Wildman–Crippen MR) is 104 cm³/mol. The molecule has 1 aliphatic heterocycles. The molecule has 0 saturated carbocycles. The topological polar surface area (TPSA) is 52.2 Å². The summed E-state index contributed by atoms with van der Waals surface area (Å²) in [5, 5.41) is 1.13. The maximum atomic E-state index is 12.9. The first-order chi connectivity index (χ1) is 12.7. The number of piperidine rings is 1. The number of aromatic nitrogens is 2. The number of aromatic amines is 1. The SMILES string of the molecule is CN(C(=O)Cc1c[nH]c2ccccc12)C1CCCN(c2ccccn2)C1. The Morgan fingerprint density at radius 3 is 2.96 bits per heavy atom. The number of rotatable bonds is 4. The van der Waals surface area contributed by atoms with Gasteiger partial charge < -0.3 is 14.8 Å². The minimum Gasteiger partial charge on any atom is -0.361 e. The van der Waals surface area contributed by atoms with Crippen LogP contribution >= 0.6 is 0 Å². The quantitative estimate of drug-likeness (QED) is 0.787. The van der Waals surface area contributed by atoms with Gasteiger partial charge in [-0.25, -0.2) is 4.98 Å². The van der Waals surface area contributed by atoms with E-state index in [9.17, 15) is 4.79 Å². The minimum absolute atomic E-state index is 0.169. The number of nitrogens with zero attached hydrogens (tertiary/aromatic N) is 3. The molecule has 1 N–H and O–H groups in total. The number of nitrogens with one attached hydrogen (secondary N) is 1. The van der Waals surface area contributed by atoms with Crippen molar-refractivity contribution >= 4 is 22.6 Å². The van der Waals surface area contributed by atoms with Gasteiger partial charge in [0, 0.05) is 49.5 Å². The van der Waals surface area contributed by atoms with E-state index in [2.05, 4.69) is 20.9 Å². The largest absolute Gasteiger partial charge is 0.361 e. The van der Waals surface area contributed by atoms with Crippen LogP contribution in [0.1, 0.15) is 18.4 Å². The van der Waals surface area contributed by atoms with Gasteiger partial charge in [0.2, 0.25) is 5.91 Å². The Balaban J connectivity index is 1.44. The fraction of sp³-hybridized carbons (Fsp3) is 0.333. The molecule has 3 heterocycles. The van der Waals surface area contributed by atoms with E-state index in [-0.39, 0.29) is 11.9 Å². The summed E-state index contributed by atoms with van der Waals surface area (Å²) in [6.07, 6.45) is 6.33. The number of amides is 1. The van der Waals surface area contributed by atoms with Crippen molar-refractivity contribution in [3.05, 3.63) is 60.4 Å². The van der Waals surface area contributed by atoms with Crippen LogP contribution in [0.15, 0.2) is 54.9 Å². The number of benzene rings is 1. The fourth-order valence-corrected chi connectivity index (χ4v) is 3.79. The molecule has 5 nitrogen and oxygen atoms in total. The number of carbonyl (C=O) groups is 1. The van der Waals surface area contributed by atoms with E-state index in [4.69, 9.17) is 0 Å². The molecular formula is C21H24N4O. The van der Waals surface area contributed by atoms with Crippen LogP contribution in [-0.4, -0.2) is 47.0 Å². The lowest BCUT2D eigenvalue weighted by atomic mass is 10.0. The van der Waals surface area contributed by atoms with Crippen molar-refractivity contribution in [1.29, 1.82) is 0 Å². The smallest absolute Gasteiger partial charge is 0.227 e. The third-order valence-corrected chi connectivity index (χ3v) is 5.33. The average Bonchev–Trinajstić information content (AvgIpc) is 3.11. The zero-order valence-corrected chi connectivity index (χ0v) is 15.1. The fourth-order valence-electron chi connectivity index (χ4n) is 3.79. The first-order valence-electron chi connectivity index (χ1n) is 9.19. The molecule has 26 heavy (non-hydrogen) atoms. The third kappa shape index (κ3) is 3.29. The van der Waals surface area contributed by atoms with Crippen molar-refractivity contribution in [2.24, 2.45) is 0 Å². The Morgan fingerprint density at radius 1 is 1.27 bits per heavy atom. The summed E-state index contributed by atoms with van der Waals surface area (Å²) >= 11 is 0. The van der Waals surface area contributed by atoms with Gasteiger partial charge in [-0.05, 0) is 36.6 Å². The summed E-state index contributed by atoms with van der Waals surface area (Å²) < 4.78 is 0. The highest BCUT2D eigenvalue weighted by molar-refractivity contribution is 5.88.